The highest BCUT2D eigenvalue weighted by molar-refractivity contribution is 6.09. The molecule has 0 spiro atoms. The van der Waals surface area contributed by atoms with E-state index in [1.54, 1.807) is 19.2 Å². The maximum Gasteiger partial charge on any atom is 0.270 e. The average molecular weight is 348 g/mol. The monoisotopic (exact) mass is 348 g/mol. The fraction of sp³-hybridized carbons (Fsp3) is 0.238. The van der Waals surface area contributed by atoms with E-state index in [9.17, 15) is 9.59 Å². The number of fused-ring (bicyclic) bond motifs is 3. The van der Waals surface area contributed by atoms with Gasteiger partial charge in [-0.25, -0.2) is 0 Å². The van der Waals surface area contributed by atoms with Crippen molar-refractivity contribution in [1.82, 2.24) is 10.2 Å². The summed E-state index contributed by atoms with van der Waals surface area (Å²) in [6.07, 6.45) is 2.16. The molecule has 4 rings (SSSR count). The van der Waals surface area contributed by atoms with E-state index in [0.717, 1.165) is 17.7 Å². The maximum atomic E-state index is 12.9. The van der Waals surface area contributed by atoms with E-state index in [0.29, 0.717) is 24.4 Å². The molecule has 1 saturated heterocycles. The largest absolute Gasteiger partial charge is 0.496 e. The number of nitrogens with zero attached hydrogens (tertiary/aromatic N) is 1. The first-order valence-electron chi connectivity index (χ1n) is 8.70. The highest BCUT2D eigenvalue weighted by Gasteiger charge is 2.37. The van der Waals surface area contributed by atoms with E-state index < -0.39 is 0 Å². The Morgan fingerprint density at radius 3 is 2.77 bits per heavy atom. The van der Waals surface area contributed by atoms with Gasteiger partial charge in [-0.2, -0.15) is 0 Å². The minimum Gasteiger partial charge on any atom is -0.496 e. The Bertz CT molecular complexity index is 889. The summed E-state index contributed by atoms with van der Waals surface area (Å²) in [5, 5.41) is 3.16. The first kappa shape index (κ1) is 16.4. The lowest BCUT2D eigenvalue weighted by atomic mass is 9.90. The van der Waals surface area contributed by atoms with Gasteiger partial charge in [-0.1, -0.05) is 42.5 Å². The number of carbonyl (C=O) groups excluding carboxylic acids is 2. The van der Waals surface area contributed by atoms with E-state index in [-0.39, 0.29) is 17.7 Å². The third-order valence-electron chi connectivity index (χ3n) is 5.04. The van der Waals surface area contributed by atoms with Crippen molar-refractivity contribution >= 4 is 11.7 Å². The summed E-state index contributed by atoms with van der Waals surface area (Å²) in [4.78, 5) is 27.1. The molecule has 1 atom stereocenters. The molecule has 2 aromatic carbocycles. The van der Waals surface area contributed by atoms with Gasteiger partial charge in [-0.05, 0) is 18.1 Å². The van der Waals surface area contributed by atoms with Gasteiger partial charge in [0, 0.05) is 30.3 Å². The molecule has 2 aliphatic heterocycles. The highest BCUT2D eigenvalue weighted by Crippen LogP contribution is 2.36. The smallest absolute Gasteiger partial charge is 0.270 e. The molecule has 1 fully saturated rings. The lowest BCUT2D eigenvalue weighted by Crippen LogP contribution is -2.51. The lowest BCUT2D eigenvalue weighted by Gasteiger charge is -2.42. The number of carbonyl (C=O) groups is 2. The van der Waals surface area contributed by atoms with E-state index >= 15 is 0 Å². The second kappa shape index (κ2) is 6.67. The highest BCUT2D eigenvalue weighted by atomic mass is 16.5. The van der Waals surface area contributed by atoms with Crippen LogP contribution >= 0.6 is 0 Å². The molecular weight excluding hydrogens is 328 g/mol. The molecular formula is C21H20N2O3. The quantitative estimate of drug-likeness (QED) is 0.684. The Kier molecular flexibility index (Phi) is 4.21. The summed E-state index contributed by atoms with van der Waals surface area (Å²) in [5.74, 6) is 0.577. The van der Waals surface area contributed by atoms with Gasteiger partial charge >= 0.3 is 0 Å². The zero-order valence-corrected chi connectivity index (χ0v) is 14.6. The minimum atomic E-state index is -0.168. The number of ketones is 1. The van der Waals surface area contributed by atoms with Crippen LogP contribution in [0.25, 0.3) is 0 Å². The molecule has 1 amide bonds. The molecule has 2 heterocycles. The van der Waals surface area contributed by atoms with Crippen LogP contribution in [0.15, 0.2) is 60.3 Å². The number of allylic oxidation sites excluding steroid dienone is 1. The van der Waals surface area contributed by atoms with Gasteiger partial charge in [-0.15, -0.1) is 0 Å². The summed E-state index contributed by atoms with van der Waals surface area (Å²) in [5.41, 5.74) is 3.22. The van der Waals surface area contributed by atoms with Crippen molar-refractivity contribution in [2.24, 2.45) is 0 Å². The van der Waals surface area contributed by atoms with E-state index in [2.05, 4.69) is 5.32 Å². The third-order valence-corrected chi connectivity index (χ3v) is 5.04. The Morgan fingerprint density at radius 2 is 2.00 bits per heavy atom. The molecule has 0 aliphatic carbocycles. The molecule has 5 nitrogen and oxygen atoms in total. The standard InChI is InChI=1S/C21H20N2O3/c1-26-20-9-5-8-15-16(20)10-11-23-18(15)13-22-17(21(23)25)12-19(24)14-6-3-2-4-7-14/h2-9,12,18,22H,10-11,13H2,1H3/b17-12-. The number of benzene rings is 2. The summed E-state index contributed by atoms with van der Waals surface area (Å²) < 4.78 is 5.46. The number of ether oxygens (including phenoxy) is 1. The van der Waals surface area contributed by atoms with Crippen molar-refractivity contribution in [3.63, 3.8) is 0 Å². The van der Waals surface area contributed by atoms with Crippen molar-refractivity contribution in [2.75, 3.05) is 20.2 Å². The summed E-state index contributed by atoms with van der Waals surface area (Å²) in [6, 6.07) is 14.9. The van der Waals surface area contributed by atoms with E-state index in [4.69, 9.17) is 4.74 Å². The first-order valence-corrected chi connectivity index (χ1v) is 8.70. The number of methoxy groups -OCH3 is 1. The van der Waals surface area contributed by atoms with Gasteiger partial charge < -0.3 is 15.0 Å². The van der Waals surface area contributed by atoms with E-state index in [1.165, 1.54) is 11.6 Å². The van der Waals surface area contributed by atoms with Gasteiger partial charge in [0.2, 0.25) is 0 Å². The SMILES string of the molecule is COc1cccc2c1CCN1C(=O)/C(=C/C(=O)c3ccccc3)NCC21. The van der Waals surface area contributed by atoms with Crippen LogP contribution in [0, 0.1) is 0 Å². The summed E-state index contributed by atoms with van der Waals surface area (Å²) >= 11 is 0. The van der Waals surface area contributed by atoms with Crippen molar-refractivity contribution in [3.05, 3.63) is 77.0 Å². The van der Waals surface area contributed by atoms with Gasteiger partial charge in [-0.3, -0.25) is 9.59 Å². The van der Waals surface area contributed by atoms with Crippen LogP contribution in [-0.4, -0.2) is 36.8 Å². The van der Waals surface area contributed by atoms with Gasteiger partial charge in [0.25, 0.3) is 5.91 Å². The van der Waals surface area contributed by atoms with Crippen molar-refractivity contribution in [2.45, 2.75) is 12.5 Å². The predicted octanol–water partition coefficient (Wildman–Crippen LogP) is 2.49. The zero-order chi connectivity index (χ0) is 18.1. The van der Waals surface area contributed by atoms with Crippen LogP contribution in [0.1, 0.15) is 27.5 Å². The van der Waals surface area contributed by atoms with Gasteiger partial charge in [0.05, 0.1) is 13.2 Å². The summed E-state index contributed by atoms with van der Waals surface area (Å²) in [7, 11) is 1.67. The molecule has 132 valence electrons. The molecule has 26 heavy (non-hydrogen) atoms. The fourth-order valence-corrected chi connectivity index (χ4v) is 3.74. The third kappa shape index (κ3) is 2.75. The van der Waals surface area contributed by atoms with Crippen molar-refractivity contribution in [1.29, 1.82) is 0 Å². The fourth-order valence-electron chi connectivity index (χ4n) is 3.74. The second-order valence-corrected chi connectivity index (χ2v) is 6.46. The molecule has 1 unspecified atom stereocenters. The topological polar surface area (TPSA) is 58.6 Å². The van der Waals surface area contributed by atoms with Gasteiger partial charge in [0.1, 0.15) is 11.4 Å². The van der Waals surface area contributed by atoms with Gasteiger partial charge in [0.15, 0.2) is 5.78 Å². The van der Waals surface area contributed by atoms with Crippen LogP contribution in [0.4, 0.5) is 0 Å². The average Bonchev–Trinajstić information content (AvgIpc) is 2.69. The number of amides is 1. The van der Waals surface area contributed by atoms with Crippen molar-refractivity contribution in [3.8, 4) is 5.75 Å². The molecule has 2 aromatic rings. The number of hydrogen-bond acceptors (Lipinski definition) is 4. The molecule has 1 N–H and O–H groups in total. The molecule has 0 bridgehead atoms. The molecule has 2 aliphatic rings. The van der Waals surface area contributed by atoms with Crippen molar-refractivity contribution < 1.29 is 14.3 Å². The zero-order valence-electron chi connectivity index (χ0n) is 14.6. The molecule has 0 saturated carbocycles. The van der Waals surface area contributed by atoms with Crippen LogP contribution in [-0.2, 0) is 11.2 Å². The maximum absolute atomic E-state index is 12.9. The lowest BCUT2D eigenvalue weighted by molar-refractivity contribution is -0.132. The number of rotatable bonds is 3. The Labute approximate surface area is 152 Å². The van der Waals surface area contributed by atoms with Crippen LogP contribution in [0.3, 0.4) is 0 Å². The van der Waals surface area contributed by atoms with Crippen LogP contribution in [0.5, 0.6) is 5.75 Å². The summed E-state index contributed by atoms with van der Waals surface area (Å²) in [6.45, 7) is 1.20. The van der Waals surface area contributed by atoms with Crippen LogP contribution in [0.2, 0.25) is 0 Å². The molecule has 0 radical (unpaired) electrons. The molecule has 5 heteroatoms. The predicted molar refractivity (Wildman–Crippen MR) is 98.0 cm³/mol. The van der Waals surface area contributed by atoms with Crippen LogP contribution < -0.4 is 10.1 Å². The number of nitrogens with one attached hydrogen (secondary N) is 1. The number of hydrogen-bond donors (Lipinski definition) is 1. The second-order valence-electron chi connectivity index (χ2n) is 6.46. The Balaban J connectivity index is 1.60. The normalized spacial score (nSPS) is 20.2. The Morgan fingerprint density at radius 1 is 1.19 bits per heavy atom. The Hall–Kier alpha value is -3.08. The molecule has 0 aromatic heterocycles. The first-order chi connectivity index (χ1) is 12.7. The number of piperazine rings is 1. The van der Waals surface area contributed by atoms with E-state index in [1.807, 2.05) is 41.3 Å². The minimum absolute atomic E-state index is 0.0367.